The minimum atomic E-state index is -2.38. The van der Waals surface area contributed by atoms with E-state index in [1.54, 1.807) is 45.0 Å². The van der Waals surface area contributed by atoms with E-state index < -0.39 is 17.6 Å². The topological polar surface area (TPSA) is 71.8 Å². The van der Waals surface area contributed by atoms with Crippen LogP contribution in [0.5, 0.6) is 0 Å². The lowest BCUT2D eigenvalue weighted by Crippen LogP contribution is -2.36. The number of alkyl carbamates (subject to hydrolysis) is 1. The fourth-order valence-corrected chi connectivity index (χ4v) is 3.94. The van der Waals surface area contributed by atoms with Gasteiger partial charge in [-0.3, -0.25) is 4.79 Å². The third-order valence-corrected chi connectivity index (χ3v) is 5.97. The van der Waals surface area contributed by atoms with Crippen LogP contribution in [0.2, 0.25) is 5.02 Å². The standard InChI is InChI=1S/C21H20ClNO4.C6H11F2N/c1-21(2,3)27-20(25)23-11-15-6-9-18(26-15)17-8-5-14-10-13(12-24)4-7-16(14)19(17)22;1-9-4-2-6(7,8)3-5-9/h4-10,12H,11H2,1-3H3,(H,23,25);2-5H2,1H3. The van der Waals surface area contributed by atoms with E-state index in [4.69, 9.17) is 20.8 Å². The van der Waals surface area contributed by atoms with Crippen LogP contribution in [0.1, 0.15) is 49.7 Å². The van der Waals surface area contributed by atoms with Crippen LogP contribution in [-0.4, -0.2) is 48.9 Å². The number of benzene rings is 2. The van der Waals surface area contributed by atoms with Crippen molar-refractivity contribution in [1.82, 2.24) is 10.2 Å². The number of fused-ring (bicyclic) bond motifs is 1. The molecule has 3 aromatic rings. The summed E-state index contributed by atoms with van der Waals surface area (Å²) in [5, 5.41) is 4.92. The predicted octanol–water partition coefficient (Wildman–Crippen LogP) is 6.94. The number of amides is 1. The molecule has 1 N–H and O–H groups in total. The highest BCUT2D eigenvalue weighted by Gasteiger charge is 2.32. The van der Waals surface area contributed by atoms with Crippen LogP contribution >= 0.6 is 11.6 Å². The van der Waals surface area contributed by atoms with Gasteiger partial charge >= 0.3 is 6.09 Å². The number of hydrogen-bond donors (Lipinski definition) is 1. The van der Waals surface area contributed by atoms with Crippen LogP contribution in [0.25, 0.3) is 22.1 Å². The second kappa shape index (κ2) is 11.4. The molecule has 2 aromatic carbocycles. The van der Waals surface area contributed by atoms with Crippen molar-refractivity contribution < 1.29 is 27.5 Å². The summed E-state index contributed by atoms with van der Waals surface area (Å²) in [6, 6.07) is 12.7. The van der Waals surface area contributed by atoms with E-state index in [9.17, 15) is 18.4 Å². The summed E-state index contributed by atoms with van der Waals surface area (Å²) < 4.78 is 35.7. The molecule has 1 amide bonds. The van der Waals surface area contributed by atoms with E-state index in [1.807, 2.05) is 30.1 Å². The van der Waals surface area contributed by atoms with E-state index in [-0.39, 0.29) is 19.4 Å². The maximum absolute atomic E-state index is 12.4. The monoisotopic (exact) mass is 520 g/mol. The second-order valence-electron chi connectivity index (χ2n) is 9.81. The van der Waals surface area contributed by atoms with Crippen LogP contribution in [0.3, 0.4) is 0 Å². The molecule has 1 aliphatic heterocycles. The molecule has 1 aliphatic rings. The van der Waals surface area contributed by atoms with E-state index in [0.29, 0.717) is 35.2 Å². The SMILES string of the molecule is CC(C)(C)OC(=O)NCc1ccc(-c2ccc3cc(C=O)ccc3c2Cl)o1.CN1CCC(F)(F)CC1. The van der Waals surface area contributed by atoms with Crippen LogP contribution in [0.15, 0.2) is 46.9 Å². The Morgan fingerprint density at radius 3 is 2.47 bits per heavy atom. The number of ether oxygens (including phenoxy) is 1. The maximum atomic E-state index is 12.4. The number of hydrogen-bond acceptors (Lipinski definition) is 5. The summed E-state index contributed by atoms with van der Waals surface area (Å²) in [5.41, 5.74) is 0.784. The lowest BCUT2D eigenvalue weighted by Gasteiger charge is -2.28. The lowest BCUT2D eigenvalue weighted by molar-refractivity contribution is -0.0504. The van der Waals surface area contributed by atoms with Crippen LogP contribution in [0, 0.1) is 0 Å². The van der Waals surface area contributed by atoms with E-state index in [1.165, 1.54) is 0 Å². The molecule has 0 radical (unpaired) electrons. The largest absolute Gasteiger partial charge is 0.459 e. The molecule has 2 heterocycles. The van der Waals surface area contributed by atoms with Crippen molar-refractivity contribution in [1.29, 1.82) is 0 Å². The fraction of sp³-hybridized carbons (Fsp3) is 0.407. The molecule has 0 bridgehead atoms. The lowest BCUT2D eigenvalue weighted by atomic mass is 10.0. The molecular weight excluding hydrogens is 490 g/mol. The molecule has 9 heteroatoms. The first-order chi connectivity index (χ1) is 16.9. The number of furan rings is 1. The first-order valence-corrected chi connectivity index (χ1v) is 12.0. The normalized spacial score (nSPS) is 15.6. The highest BCUT2D eigenvalue weighted by atomic mass is 35.5. The minimum Gasteiger partial charge on any atom is -0.459 e. The molecule has 1 aromatic heterocycles. The van der Waals surface area contributed by atoms with Gasteiger partial charge in [-0.05, 0) is 57.5 Å². The van der Waals surface area contributed by atoms with Crippen LogP contribution in [0.4, 0.5) is 13.6 Å². The average Bonchev–Trinajstić information content (AvgIpc) is 3.28. The smallest absolute Gasteiger partial charge is 0.408 e. The van der Waals surface area contributed by atoms with Crippen molar-refractivity contribution in [2.45, 2.75) is 51.7 Å². The summed E-state index contributed by atoms with van der Waals surface area (Å²) in [7, 11) is 1.87. The zero-order valence-electron chi connectivity index (χ0n) is 20.9. The third-order valence-electron chi connectivity index (χ3n) is 5.57. The van der Waals surface area contributed by atoms with Crippen molar-refractivity contribution in [3.63, 3.8) is 0 Å². The van der Waals surface area contributed by atoms with E-state index in [2.05, 4.69) is 5.32 Å². The van der Waals surface area contributed by atoms with Gasteiger partial charge in [0.25, 0.3) is 5.92 Å². The van der Waals surface area contributed by atoms with Gasteiger partial charge in [-0.15, -0.1) is 0 Å². The molecular formula is C27H31ClF2N2O4. The van der Waals surface area contributed by atoms with Crippen molar-refractivity contribution in [3.8, 4) is 11.3 Å². The molecule has 0 atom stereocenters. The molecule has 0 saturated carbocycles. The molecule has 36 heavy (non-hydrogen) atoms. The number of aldehydes is 1. The van der Waals surface area contributed by atoms with Gasteiger partial charge < -0.3 is 19.4 Å². The second-order valence-corrected chi connectivity index (χ2v) is 10.2. The van der Waals surface area contributed by atoms with Crippen molar-refractivity contribution in [3.05, 3.63) is 58.8 Å². The number of nitrogens with one attached hydrogen (secondary N) is 1. The summed E-state index contributed by atoms with van der Waals surface area (Å²) >= 11 is 6.54. The van der Waals surface area contributed by atoms with Gasteiger partial charge in [-0.2, -0.15) is 0 Å². The van der Waals surface area contributed by atoms with Gasteiger partial charge in [0.2, 0.25) is 0 Å². The molecule has 1 fully saturated rings. The Hall–Kier alpha value is -2.97. The average molecular weight is 521 g/mol. The molecule has 1 saturated heterocycles. The number of piperidine rings is 1. The first kappa shape index (κ1) is 27.6. The summed E-state index contributed by atoms with van der Waals surface area (Å²) in [6.45, 7) is 6.69. The minimum absolute atomic E-state index is 0.0312. The Labute approximate surface area is 214 Å². The van der Waals surface area contributed by atoms with Gasteiger partial charge in [0, 0.05) is 42.4 Å². The number of rotatable bonds is 4. The molecule has 194 valence electrons. The first-order valence-electron chi connectivity index (χ1n) is 11.7. The Bertz CT molecular complexity index is 1210. The van der Waals surface area contributed by atoms with Crippen molar-refractivity contribution >= 4 is 34.8 Å². The number of likely N-dealkylation sites (tertiary alicyclic amines) is 1. The number of carbonyl (C=O) groups is 2. The molecule has 0 aliphatic carbocycles. The summed E-state index contributed by atoms with van der Waals surface area (Å²) in [5.74, 6) is -1.20. The molecule has 0 unspecified atom stereocenters. The highest BCUT2D eigenvalue weighted by Crippen LogP contribution is 2.35. The Kier molecular flexibility index (Phi) is 8.74. The summed E-state index contributed by atoms with van der Waals surface area (Å²) in [6.07, 6.45) is 0.361. The summed E-state index contributed by atoms with van der Waals surface area (Å²) in [4.78, 5) is 24.6. The van der Waals surface area contributed by atoms with Gasteiger partial charge in [-0.1, -0.05) is 29.8 Å². The number of halogens is 3. The number of nitrogens with zero attached hydrogens (tertiary/aromatic N) is 1. The zero-order valence-corrected chi connectivity index (χ0v) is 21.6. The van der Waals surface area contributed by atoms with Crippen molar-refractivity contribution in [2.75, 3.05) is 20.1 Å². The van der Waals surface area contributed by atoms with Crippen LogP contribution in [-0.2, 0) is 11.3 Å². The Morgan fingerprint density at radius 2 is 1.86 bits per heavy atom. The zero-order chi connectivity index (χ0) is 26.5. The maximum Gasteiger partial charge on any atom is 0.408 e. The van der Waals surface area contributed by atoms with Gasteiger partial charge in [0.05, 0.1) is 11.6 Å². The van der Waals surface area contributed by atoms with Crippen molar-refractivity contribution in [2.24, 2.45) is 0 Å². The highest BCUT2D eigenvalue weighted by molar-refractivity contribution is 6.38. The third kappa shape index (κ3) is 7.77. The van der Waals surface area contributed by atoms with Gasteiger partial charge in [0.1, 0.15) is 23.4 Å². The van der Waals surface area contributed by atoms with Crippen LogP contribution < -0.4 is 5.32 Å². The number of alkyl halides is 2. The molecule has 0 spiro atoms. The fourth-order valence-electron chi connectivity index (χ4n) is 3.61. The number of carbonyl (C=O) groups excluding carboxylic acids is 2. The van der Waals surface area contributed by atoms with E-state index in [0.717, 1.165) is 22.6 Å². The van der Waals surface area contributed by atoms with Gasteiger partial charge in [-0.25, -0.2) is 13.6 Å². The van der Waals surface area contributed by atoms with E-state index >= 15 is 0 Å². The molecule has 6 nitrogen and oxygen atoms in total. The molecule has 4 rings (SSSR count). The Morgan fingerprint density at radius 1 is 1.17 bits per heavy atom. The quantitative estimate of drug-likeness (QED) is 0.377. The van der Waals surface area contributed by atoms with Gasteiger partial charge in [0.15, 0.2) is 0 Å². The Balaban J connectivity index is 0.000000338. The predicted molar refractivity (Wildman–Crippen MR) is 137 cm³/mol.